The molecule has 0 radical (unpaired) electrons. The van der Waals surface area contributed by atoms with Gasteiger partial charge in [0.25, 0.3) is 0 Å². The first-order valence-electron chi connectivity index (χ1n) is 14.8. The van der Waals surface area contributed by atoms with Crippen molar-refractivity contribution in [3.05, 3.63) is 88.1 Å². The first-order valence-corrected chi connectivity index (χ1v) is 14.8. The third-order valence-corrected chi connectivity index (χ3v) is 8.36. The van der Waals surface area contributed by atoms with E-state index >= 15 is 8.78 Å². The van der Waals surface area contributed by atoms with E-state index in [4.69, 9.17) is 9.72 Å². The molecule has 5 heterocycles. The summed E-state index contributed by atoms with van der Waals surface area (Å²) >= 11 is 0. The van der Waals surface area contributed by atoms with Gasteiger partial charge in [-0.15, -0.1) is 0 Å². The summed E-state index contributed by atoms with van der Waals surface area (Å²) in [5, 5.41) is 0.301. The summed E-state index contributed by atoms with van der Waals surface area (Å²) in [6, 6.07) is 7.48. The van der Waals surface area contributed by atoms with Gasteiger partial charge < -0.3 is 14.5 Å². The second-order valence-corrected chi connectivity index (χ2v) is 11.5. The lowest BCUT2D eigenvalue weighted by molar-refractivity contribution is -0.126. The fourth-order valence-electron chi connectivity index (χ4n) is 6.21. The highest BCUT2D eigenvalue weighted by atomic mass is 19.1. The lowest BCUT2D eigenvalue weighted by Crippen LogP contribution is -2.54. The number of rotatable bonds is 3. The quantitative estimate of drug-likeness (QED) is 0.318. The summed E-state index contributed by atoms with van der Waals surface area (Å²) in [5.74, 6) is -1.36. The standard InChI is InChI=1S/C33H34F2N6O3/c1-5-26(42)39-13-14-40(20(4)18-39)31-23-17-25(35)29-27-21(7-6-8-24(27)34)10-15-44-16-11-22-9-12-36-28(19(2)3)30(22)41(32(23)37-29)33(43)38-31/h5-9,12,17,19-20H,1,10-11,13-16,18H2,2-4H3/t20-/m1/s1. The molecular weight excluding hydrogens is 566 g/mol. The van der Waals surface area contributed by atoms with Crippen LogP contribution in [0.4, 0.5) is 14.6 Å². The SMILES string of the molecule is C=CC(=O)N1CCN(c2nc(=O)n3c4nc(c(F)cc24)-c2c(F)cccc2CCOCCc2ccnc(C(C)C)c2-3)[C@H](C)C1. The number of pyridine rings is 2. The van der Waals surface area contributed by atoms with Crippen LogP contribution in [0.3, 0.4) is 0 Å². The zero-order chi connectivity index (χ0) is 31.1. The molecule has 44 heavy (non-hydrogen) atoms. The molecule has 2 aliphatic rings. The molecule has 1 amide bonds. The highest BCUT2D eigenvalue weighted by Gasteiger charge is 2.31. The Bertz CT molecular complexity index is 1840. The van der Waals surface area contributed by atoms with E-state index in [1.165, 1.54) is 22.8 Å². The van der Waals surface area contributed by atoms with E-state index < -0.39 is 17.3 Å². The molecule has 0 saturated carbocycles. The van der Waals surface area contributed by atoms with Crippen molar-refractivity contribution in [2.45, 2.75) is 45.6 Å². The van der Waals surface area contributed by atoms with Gasteiger partial charge in [-0.25, -0.2) is 23.1 Å². The number of carbonyl (C=O) groups excluding carboxylic acids is 1. The number of piperazine rings is 1. The van der Waals surface area contributed by atoms with Crippen molar-refractivity contribution in [1.82, 2.24) is 24.4 Å². The second kappa shape index (κ2) is 11.9. The Morgan fingerprint density at radius 1 is 1.09 bits per heavy atom. The maximum Gasteiger partial charge on any atom is 0.355 e. The predicted molar refractivity (Wildman–Crippen MR) is 164 cm³/mol. The summed E-state index contributed by atoms with van der Waals surface area (Å²) in [7, 11) is 0. The number of nitrogens with zero attached hydrogens (tertiary/aromatic N) is 6. The van der Waals surface area contributed by atoms with Gasteiger partial charge >= 0.3 is 5.69 Å². The van der Waals surface area contributed by atoms with Crippen molar-refractivity contribution in [1.29, 1.82) is 0 Å². The molecule has 1 saturated heterocycles. The van der Waals surface area contributed by atoms with Gasteiger partial charge in [-0.2, -0.15) is 4.98 Å². The molecule has 4 aromatic rings. The van der Waals surface area contributed by atoms with Gasteiger partial charge in [-0.1, -0.05) is 32.6 Å². The second-order valence-electron chi connectivity index (χ2n) is 11.5. The number of amides is 1. The summed E-state index contributed by atoms with van der Waals surface area (Å²) < 4.78 is 39.0. The van der Waals surface area contributed by atoms with Crippen LogP contribution in [0, 0.1) is 11.6 Å². The largest absolute Gasteiger partial charge is 0.381 e. The number of carbonyl (C=O) groups is 1. The van der Waals surface area contributed by atoms with Crippen molar-refractivity contribution >= 4 is 22.8 Å². The summed E-state index contributed by atoms with van der Waals surface area (Å²) in [6.45, 7) is 11.2. The molecule has 0 spiro atoms. The molecule has 1 aromatic carbocycles. The van der Waals surface area contributed by atoms with Crippen LogP contribution < -0.4 is 10.6 Å². The molecule has 1 fully saturated rings. The van der Waals surface area contributed by atoms with E-state index in [1.54, 1.807) is 23.2 Å². The first kappa shape index (κ1) is 29.6. The zero-order valence-corrected chi connectivity index (χ0v) is 25.0. The molecule has 9 nitrogen and oxygen atoms in total. The Morgan fingerprint density at radius 3 is 2.59 bits per heavy atom. The minimum absolute atomic E-state index is 0.0347. The van der Waals surface area contributed by atoms with Gasteiger partial charge in [0.2, 0.25) is 5.91 Å². The average molecular weight is 601 g/mol. The highest BCUT2D eigenvalue weighted by molar-refractivity contribution is 5.91. The van der Waals surface area contributed by atoms with Crippen LogP contribution in [0.15, 0.2) is 54.0 Å². The molecule has 0 N–H and O–H groups in total. The van der Waals surface area contributed by atoms with E-state index in [2.05, 4.69) is 16.5 Å². The smallest absolute Gasteiger partial charge is 0.355 e. The molecule has 3 aromatic heterocycles. The molecule has 1 atom stereocenters. The molecule has 228 valence electrons. The number of fused-ring (bicyclic) bond motifs is 5. The number of hydrogen-bond donors (Lipinski definition) is 0. The van der Waals surface area contributed by atoms with Crippen molar-refractivity contribution in [3.8, 4) is 16.9 Å². The maximum absolute atomic E-state index is 16.2. The van der Waals surface area contributed by atoms with Gasteiger partial charge in [0, 0.05) is 37.4 Å². The highest BCUT2D eigenvalue weighted by Crippen LogP contribution is 2.35. The van der Waals surface area contributed by atoms with E-state index in [0.29, 0.717) is 68.0 Å². The van der Waals surface area contributed by atoms with Gasteiger partial charge in [0.15, 0.2) is 5.65 Å². The number of halogens is 2. The van der Waals surface area contributed by atoms with Crippen LogP contribution in [-0.2, 0) is 22.4 Å². The van der Waals surface area contributed by atoms with Crippen molar-refractivity contribution in [2.24, 2.45) is 0 Å². The van der Waals surface area contributed by atoms with Gasteiger partial charge in [-0.05, 0) is 61.1 Å². The summed E-state index contributed by atoms with van der Waals surface area (Å²) in [4.78, 5) is 44.0. The predicted octanol–water partition coefficient (Wildman–Crippen LogP) is 4.58. The zero-order valence-electron chi connectivity index (χ0n) is 25.0. The maximum atomic E-state index is 16.2. The molecule has 0 unspecified atom stereocenters. The van der Waals surface area contributed by atoms with Gasteiger partial charge in [-0.3, -0.25) is 9.78 Å². The average Bonchev–Trinajstić information content (AvgIpc) is 3.01. The van der Waals surface area contributed by atoms with Crippen LogP contribution in [0.25, 0.3) is 28.0 Å². The van der Waals surface area contributed by atoms with Gasteiger partial charge in [0.1, 0.15) is 23.1 Å². The number of aromatic nitrogens is 4. The Hall–Kier alpha value is -4.51. The van der Waals surface area contributed by atoms with Crippen LogP contribution >= 0.6 is 0 Å². The van der Waals surface area contributed by atoms with Crippen LogP contribution in [0.5, 0.6) is 0 Å². The van der Waals surface area contributed by atoms with Crippen molar-refractivity contribution in [3.63, 3.8) is 0 Å². The minimum Gasteiger partial charge on any atom is -0.381 e. The third-order valence-electron chi connectivity index (χ3n) is 8.36. The Balaban J connectivity index is 1.68. The molecule has 2 aliphatic heterocycles. The normalized spacial score (nSPS) is 17.1. The fraction of sp³-hybridized carbons (Fsp3) is 0.364. The molecule has 0 aliphatic carbocycles. The summed E-state index contributed by atoms with van der Waals surface area (Å²) in [6.07, 6.45) is 3.81. The Kier molecular flexibility index (Phi) is 7.98. The molecule has 6 rings (SSSR count). The monoisotopic (exact) mass is 600 g/mol. The minimum atomic E-state index is -0.739. The molecule has 11 heteroatoms. The fourth-order valence-corrected chi connectivity index (χ4v) is 6.21. The third kappa shape index (κ3) is 5.15. The van der Waals surface area contributed by atoms with E-state index in [1.807, 2.05) is 31.7 Å². The first-order chi connectivity index (χ1) is 21.2. The topological polar surface area (TPSA) is 93.5 Å². The van der Waals surface area contributed by atoms with E-state index in [0.717, 1.165) is 5.56 Å². The molecule has 2 bridgehead atoms. The lowest BCUT2D eigenvalue weighted by Gasteiger charge is -2.40. The van der Waals surface area contributed by atoms with Crippen LogP contribution in [0.2, 0.25) is 0 Å². The van der Waals surface area contributed by atoms with Gasteiger partial charge in [0.05, 0.1) is 30.0 Å². The van der Waals surface area contributed by atoms with E-state index in [9.17, 15) is 9.59 Å². The number of hydrogen-bond acceptors (Lipinski definition) is 7. The van der Waals surface area contributed by atoms with E-state index in [-0.39, 0.29) is 40.6 Å². The number of benzene rings is 1. The Labute approximate surface area is 253 Å². The Morgan fingerprint density at radius 2 is 1.86 bits per heavy atom. The number of ether oxygens (including phenoxy) is 1. The molecular formula is C33H34F2N6O3. The van der Waals surface area contributed by atoms with Crippen LogP contribution in [0.1, 0.15) is 43.5 Å². The van der Waals surface area contributed by atoms with Crippen molar-refractivity contribution < 1.29 is 18.3 Å². The van der Waals surface area contributed by atoms with Crippen molar-refractivity contribution in [2.75, 3.05) is 37.7 Å². The summed E-state index contributed by atoms with van der Waals surface area (Å²) in [5.41, 5.74) is 1.91. The van der Waals surface area contributed by atoms with Crippen LogP contribution in [-0.4, -0.2) is 69.2 Å². The number of anilines is 1. The lowest BCUT2D eigenvalue weighted by atomic mass is 10.00.